The smallest absolute Gasteiger partial charge is 0.276 e. The standard InChI is InChI=1S/C27H34ClN9O2/c28-23-12-20(9-11-30-23)35-27(39)22-15-31-26-21(32-16-3-4-16)14-24(36-37(22)26)33-17-5-7-18(8-6-17)34-25(38)13-19-2-1-10-29-19/h9,11-12,14-19,29,32H,1-8,10,13H2,(H,33,36)(H,34,38)(H,30,35,39)/t17-,18-,19?. The van der Waals surface area contributed by atoms with Crippen LogP contribution in [0.1, 0.15) is 68.3 Å². The topological polar surface area (TPSA) is 137 Å². The summed E-state index contributed by atoms with van der Waals surface area (Å²) in [6.07, 6.45) is 11.8. The van der Waals surface area contributed by atoms with E-state index in [1.807, 2.05) is 6.07 Å². The third-order valence-corrected chi connectivity index (χ3v) is 7.87. The lowest BCUT2D eigenvalue weighted by atomic mass is 9.91. The van der Waals surface area contributed by atoms with Gasteiger partial charge in [-0.05, 0) is 70.0 Å². The molecule has 1 unspecified atom stereocenters. The Labute approximate surface area is 231 Å². The Bertz CT molecular complexity index is 1340. The van der Waals surface area contributed by atoms with Crippen LogP contribution in [0.5, 0.6) is 0 Å². The maximum absolute atomic E-state index is 13.1. The summed E-state index contributed by atoms with van der Waals surface area (Å²) in [6, 6.07) is 6.42. The van der Waals surface area contributed by atoms with E-state index in [0.717, 1.165) is 63.6 Å². The average molecular weight is 552 g/mol. The Morgan fingerprint density at radius 2 is 1.77 bits per heavy atom. The lowest BCUT2D eigenvalue weighted by molar-refractivity contribution is -0.122. The van der Waals surface area contributed by atoms with Crippen molar-refractivity contribution in [2.75, 3.05) is 22.5 Å². The fourth-order valence-electron chi connectivity index (χ4n) is 5.46. The normalized spacial score (nSPS) is 22.9. The monoisotopic (exact) mass is 551 g/mol. The molecule has 0 spiro atoms. The number of nitrogens with one attached hydrogen (secondary N) is 5. The van der Waals surface area contributed by atoms with Crippen molar-refractivity contribution in [2.24, 2.45) is 0 Å². The van der Waals surface area contributed by atoms with Crippen molar-refractivity contribution in [1.29, 1.82) is 0 Å². The number of carbonyl (C=O) groups is 2. The first-order valence-corrected chi connectivity index (χ1v) is 14.3. The first-order valence-electron chi connectivity index (χ1n) is 13.9. The van der Waals surface area contributed by atoms with Crippen LogP contribution in [0.2, 0.25) is 5.15 Å². The van der Waals surface area contributed by atoms with Gasteiger partial charge in [0, 0.05) is 48.5 Å². The van der Waals surface area contributed by atoms with Gasteiger partial charge >= 0.3 is 0 Å². The van der Waals surface area contributed by atoms with E-state index < -0.39 is 0 Å². The van der Waals surface area contributed by atoms with Gasteiger partial charge in [-0.15, -0.1) is 5.10 Å². The number of hydrogen-bond acceptors (Lipinski definition) is 8. The van der Waals surface area contributed by atoms with Gasteiger partial charge in [0.05, 0.1) is 11.9 Å². The van der Waals surface area contributed by atoms with Gasteiger partial charge in [0.1, 0.15) is 11.0 Å². The summed E-state index contributed by atoms with van der Waals surface area (Å²) in [5.41, 5.74) is 2.32. The fourth-order valence-corrected chi connectivity index (χ4v) is 5.63. The minimum atomic E-state index is -0.337. The van der Waals surface area contributed by atoms with E-state index in [1.165, 1.54) is 12.4 Å². The van der Waals surface area contributed by atoms with Crippen molar-refractivity contribution in [3.05, 3.63) is 41.4 Å². The van der Waals surface area contributed by atoms with Crippen LogP contribution in [-0.2, 0) is 4.79 Å². The summed E-state index contributed by atoms with van der Waals surface area (Å²) in [7, 11) is 0. The lowest BCUT2D eigenvalue weighted by Gasteiger charge is -2.30. The number of carbonyl (C=O) groups excluding carboxylic acids is 2. The van der Waals surface area contributed by atoms with E-state index >= 15 is 0 Å². The zero-order valence-electron chi connectivity index (χ0n) is 21.8. The highest BCUT2D eigenvalue weighted by Gasteiger charge is 2.27. The quantitative estimate of drug-likeness (QED) is 0.254. The molecule has 3 aromatic heterocycles. The number of amides is 2. The SMILES string of the molecule is O=C(CC1CCCN1)N[C@H]1CC[C@H](Nc2cc(NC3CC3)c3ncc(C(=O)Nc4ccnc(Cl)c4)n3n2)CC1. The van der Waals surface area contributed by atoms with Gasteiger partial charge in [-0.3, -0.25) is 9.59 Å². The second kappa shape index (κ2) is 11.4. The largest absolute Gasteiger partial charge is 0.379 e. The van der Waals surface area contributed by atoms with Crippen LogP contribution >= 0.6 is 11.6 Å². The van der Waals surface area contributed by atoms with Crippen molar-refractivity contribution < 1.29 is 9.59 Å². The first-order chi connectivity index (χ1) is 19.0. The summed E-state index contributed by atoms with van der Waals surface area (Å²) in [5.74, 6) is 0.494. The van der Waals surface area contributed by atoms with Crippen LogP contribution in [0, 0.1) is 0 Å². The maximum Gasteiger partial charge on any atom is 0.276 e. The zero-order valence-corrected chi connectivity index (χ0v) is 22.5. The molecule has 1 aliphatic heterocycles. The molecule has 2 saturated carbocycles. The molecule has 0 aromatic carbocycles. The highest BCUT2D eigenvalue weighted by molar-refractivity contribution is 6.29. The molecule has 3 aliphatic rings. The third kappa shape index (κ3) is 6.42. The number of anilines is 3. The highest BCUT2D eigenvalue weighted by Crippen LogP contribution is 2.30. The maximum atomic E-state index is 13.1. The second-order valence-corrected chi connectivity index (χ2v) is 11.2. The van der Waals surface area contributed by atoms with E-state index in [9.17, 15) is 9.59 Å². The molecular weight excluding hydrogens is 518 g/mol. The molecule has 12 heteroatoms. The summed E-state index contributed by atoms with van der Waals surface area (Å²) in [6.45, 7) is 1.01. The zero-order chi connectivity index (χ0) is 26.8. The summed E-state index contributed by atoms with van der Waals surface area (Å²) >= 11 is 5.97. The van der Waals surface area contributed by atoms with Gasteiger partial charge in [0.25, 0.3) is 5.91 Å². The number of halogens is 1. The molecule has 0 radical (unpaired) electrons. The molecule has 4 heterocycles. The second-order valence-electron chi connectivity index (χ2n) is 10.8. The van der Waals surface area contributed by atoms with Crippen molar-refractivity contribution in [1.82, 2.24) is 30.2 Å². The number of aromatic nitrogens is 4. The first kappa shape index (κ1) is 25.8. The Morgan fingerprint density at radius 1 is 1.00 bits per heavy atom. The molecule has 3 aromatic rings. The molecule has 3 fully saturated rings. The molecule has 1 atom stereocenters. The molecule has 5 N–H and O–H groups in total. The molecule has 1 saturated heterocycles. The van der Waals surface area contributed by atoms with E-state index in [2.05, 4.69) is 36.6 Å². The number of fused-ring (bicyclic) bond motifs is 1. The van der Waals surface area contributed by atoms with Crippen molar-refractivity contribution in [3.8, 4) is 0 Å². The van der Waals surface area contributed by atoms with Crippen molar-refractivity contribution in [3.63, 3.8) is 0 Å². The number of pyridine rings is 1. The van der Waals surface area contributed by atoms with Crippen LogP contribution in [-0.4, -0.2) is 62.1 Å². The highest BCUT2D eigenvalue weighted by atomic mass is 35.5. The lowest BCUT2D eigenvalue weighted by Crippen LogP contribution is -2.42. The molecule has 2 amide bonds. The van der Waals surface area contributed by atoms with Gasteiger partial charge in [-0.25, -0.2) is 14.5 Å². The van der Waals surface area contributed by atoms with Crippen LogP contribution in [0.25, 0.3) is 5.65 Å². The Balaban J connectivity index is 1.13. The number of nitrogens with zero attached hydrogens (tertiary/aromatic N) is 4. The van der Waals surface area contributed by atoms with Crippen molar-refractivity contribution in [2.45, 2.75) is 82.0 Å². The third-order valence-electron chi connectivity index (χ3n) is 7.66. The van der Waals surface area contributed by atoms with Gasteiger partial charge in [0.2, 0.25) is 5.91 Å². The molecule has 39 heavy (non-hydrogen) atoms. The number of imidazole rings is 1. The van der Waals surface area contributed by atoms with Gasteiger partial charge in [-0.1, -0.05) is 11.6 Å². The van der Waals surface area contributed by atoms with E-state index in [-0.39, 0.29) is 23.9 Å². The average Bonchev–Trinajstić information content (AvgIpc) is 3.38. The Hall–Kier alpha value is -3.44. The van der Waals surface area contributed by atoms with Crippen LogP contribution in [0.15, 0.2) is 30.6 Å². The van der Waals surface area contributed by atoms with Crippen LogP contribution < -0.4 is 26.6 Å². The minimum Gasteiger partial charge on any atom is -0.379 e. The van der Waals surface area contributed by atoms with Crippen LogP contribution in [0.3, 0.4) is 0 Å². The molecule has 2 aliphatic carbocycles. The van der Waals surface area contributed by atoms with Gasteiger partial charge in [0.15, 0.2) is 11.3 Å². The number of rotatable bonds is 9. The predicted octanol–water partition coefficient (Wildman–Crippen LogP) is 3.59. The van der Waals surface area contributed by atoms with E-state index in [1.54, 1.807) is 16.6 Å². The Morgan fingerprint density at radius 3 is 2.51 bits per heavy atom. The summed E-state index contributed by atoms with van der Waals surface area (Å²) in [4.78, 5) is 34.0. The number of hydrogen-bond donors (Lipinski definition) is 5. The van der Waals surface area contributed by atoms with E-state index in [0.29, 0.717) is 46.5 Å². The molecule has 206 valence electrons. The molecule has 0 bridgehead atoms. The van der Waals surface area contributed by atoms with Crippen LogP contribution in [0.4, 0.5) is 17.2 Å². The summed E-state index contributed by atoms with van der Waals surface area (Å²) < 4.78 is 1.59. The summed E-state index contributed by atoms with van der Waals surface area (Å²) in [5, 5.41) is 21.6. The predicted molar refractivity (Wildman–Crippen MR) is 150 cm³/mol. The molecule has 11 nitrogen and oxygen atoms in total. The van der Waals surface area contributed by atoms with Gasteiger partial charge in [-0.2, -0.15) is 0 Å². The van der Waals surface area contributed by atoms with E-state index in [4.69, 9.17) is 16.7 Å². The molecule has 6 rings (SSSR count). The molecular formula is C27H34ClN9O2. The van der Waals surface area contributed by atoms with Crippen molar-refractivity contribution >= 4 is 46.3 Å². The minimum absolute atomic E-state index is 0.147. The Kier molecular flexibility index (Phi) is 7.51. The van der Waals surface area contributed by atoms with Gasteiger partial charge < -0.3 is 26.6 Å². The fraction of sp³-hybridized carbons (Fsp3) is 0.519.